The maximum absolute atomic E-state index is 14.6. The molecule has 50 heavy (non-hydrogen) atoms. The van der Waals surface area contributed by atoms with Gasteiger partial charge in [-0.1, -0.05) is 63.2 Å². The second-order valence-electron chi connectivity index (χ2n) is 14.6. The van der Waals surface area contributed by atoms with Gasteiger partial charge in [-0.2, -0.15) is 0 Å². The molecule has 0 spiro atoms. The van der Waals surface area contributed by atoms with Crippen LogP contribution in [0.4, 0.5) is 0 Å². The summed E-state index contributed by atoms with van der Waals surface area (Å²) in [6, 6.07) is 15.8. The number of ether oxygens (including phenoxy) is 4. The van der Waals surface area contributed by atoms with Gasteiger partial charge < -0.3 is 34.3 Å². The molecule has 0 aromatic heterocycles. The summed E-state index contributed by atoms with van der Waals surface area (Å²) in [6.07, 6.45) is -6.83. The second kappa shape index (κ2) is 13.1. The summed E-state index contributed by atoms with van der Waals surface area (Å²) in [7, 11) is 0. The topological polar surface area (TPSA) is 183 Å². The van der Waals surface area contributed by atoms with E-state index < -0.39 is 100.0 Å². The molecule has 3 N–H and O–H groups in total. The molecule has 0 saturated heterocycles. The Hall–Kier alpha value is -4.39. The third-order valence-corrected chi connectivity index (χ3v) is 11.2. The molecular weight excluding hydrogens is 648 g/mol. The fourth-order valence-electron chi connectivity index (χ4n) is 9.02. The summed E-state index contributed by atoms with van der Waals surface area (Å²) in [5, 5.41) is 36.7. The molecule has 12 heteroatoms. The zero-order valence-electron chi connectivity index (χ0n) is 28.9. The van der Waals surface area contributed by atoms with Crippen LogP contribution in [0.3, 0.4) is 0 Å². The largest absolute Gasteiger partial charge is 0.459 e. The quantitative estimate of drug-likeness (QED) is 0.219. The Morgan fingerprint density at radius 3 is 1.76 bits per heavy atom. The van der Waals surface area contributed by atoms with Crippen LogP contribution in [0, 0.1) is 28.6 Å². The number of carbonyl (C=O) groups excluding carboxylic acids is 5. The minimum atomic E-state index is -2.77. The molecule has 12 nitrogen and oxygen atoms in total. The van der Waals surface area contributed by atoms with Crippen LogP contribution in [0.2, 0.25) is 0 Å². The number of aliphatic hydroxyl groups excluding tert-OH is 1. The first-order chi connectivity index (χ1) is 23.3. The number of hydrogen-bond donors (Lipinski definition) is 3. The molecule has 5 rings (SSSR count). The lowest BCUT2D eigenvalue weighted by Gasteiger charge is -2.69. The Morgan fingerprint density at radius 1 is 0.780 bits per heavy atom. The second-order valence-corrected chi connectivity index (χ2v) is 14.6. The van der Waals surface area contributed by atoms with Gasteiger partial charge in [-0.25, -0.2) is 9.59 Å². The Kier molecular flexibility index (Phi) is 9.63. The highest BCUT2D eigenvalue weighted by molar-refractivity contribution is 5.98. The minimum absolute atomic E-state index is 0.119. The molecule has 3 saturated carbocycles. The molecule has 2 aromatic carbocycles. The van der Waals surface area contributed by atoms with E-state index in [0.717, 1.165) is 20.8 Å². The number of carbonyl (C=O) groups is 5. The first-order valence-corrected chi connectivity index (χ1v) is 16.5. The van der Waals surface area contributed by atoms with Gasteiger partial charge >= 0.3 is 23.9 Å². The van der Waals surface area contributed by atoms with E-state index in [4.69, 9.17) is 18.9 Å². The molecular formula is C38H44O12. The molecule has 0 radical (unpaired) electrons. The van der Waals surface area contributed by atoms with Crippen molar-refractivity contribution < 1.29 is 58.2 Å². The minimum Gasteiger partial charge on any atom is -0.459 e. The van der Waals surface area contributed by atoms with Crippen LogP contribution in [0.5, 0.6) is 0 Å². The number of benzene rings is 2. The lowest BCUT2D eigenvalue weighted by atomic mass is 9.38. The highest BCUT2D eigenvalue weighted by atomic mass is 16.6. The lowest BCUT2D eigenvalue weighted by Crippen LogP contribution is -2.83. The third-order valence-electron chi connectivity index (χ3n) is 11.2. The van der Waals surface area contributed by atoms with E-state index in [-0.39, 0.29) is 17.5 Å². The zero-order chi connectivity index (χ0) is 37.0. The van der Waals surface area contributed by atoms with E-state index in [9.17, 15) is 39.3 Å². The van der Waals surface area contributed by atoms with Gasteiger partial charge in [0, 0.05) is 25.2 Å². The van der Waals surface area contributed by atoms with Crippen molar-refractivity contribution >= 4 is 29.7 Å². The number of esters is 4. The predicted molar refractivity (Wildman–Crippen MR) is 176 cm³/mol. The molecule has 3 fully saturated rings. The van der Waals surface area contributed by atoms with E-state index in [0.29, 0.717) is 0 Å². The van der Waals surface area contributed by atoms with E-state index in [2.05, 4.69) is 6.58 Å². The zero-order valence-corrected chi connectivity index (χ0v) is 28.9. The monoisotopic (exact) mass is 692 g/mol. The van der Waals surface area contributed by atoms with Crippen LogP contribution in [-0.2, 0) is 33.3 Å². The SMILES string of the molecule is C=C[C@H]1C(OC(=O)c2ccccc2)[C@@H]2[C@@]3(C)C(OC(=O)c4ccccc4)C(OC(C)=O)C(O)C(C)(C)[C@@H]3CC(OC(C)=O)[C@@]2(O)C(=O)[C@@]1(C)O. The van der Waals surface area contributed by atoms with Crippen LogP contribution < -0.4 is 0 Å². The average molecular weight is 693 g/mol. The van der Waals surface area contributed by atoms with E-state index in [1.165, 1.54) is 30.3 Å². The van der Waals surface area contributed by atoms with Gasteiger partial charge in [-0.15, -0.1) is 6.58 Å². The Balaban J connectivity index is 1.82. The van der Waals surface area contributed by atoms with Crippen molar-refractivity contribution in [1.82, 2.24) is 0 Å². The molecule has 3 aliphatic rings. The van der Waals surface area contributed by atoms with E-state index >= 15 is 0 Å². The summed E-state index contributed by atoms with van der Waals surface area (Å²) in [6.45, 7) is 12.2. The van der Waals surface area contributed by atoms with Crippen molar-refractivity contribution in [3.8, 4) is 0 Å². The fourth-order valence-corrected chi connectivity index (χ4v) is 9.02. The van der Waals surface area contributed by atoms with Gasteiger partial charge in [0.15, 0.2) is 17.5 Å². The van der Waals surface area contributed by atoms with E-state index in [1.54, 1.807) is 57.2 Å². The highest BCUT2D eigenvalue weighted by Gasteiger charge is 2.80. The molecule has 0 aliphatic heterocycles. The molecule has 0 bridgehead atoms. The highest BCUT2D eigenvalue weighted by Crippen LogP contribution is 2.67. The van der Waals surface area contributed by atoms with Crippen molar-refractivity contribution in [2.24, 2.45) is 28.6 Å². The van der Waals surface area contributed by atoms with Crippen LogP contribution in [0.25, 0.3) is 0 Å². The van der Waals surface area contributed by atoms with Gasteiger partial charge in [0.1, 0.15) is 30.0 Å². The normalized spacial score (nSPS) is 37.3. The Morgan fingerprint density at radius 2 is 1.28 bits per heavy atom. The molecule has 2 aromatic rings. The average Bonchev–Trinajstić information content (AvgIpc) is 3.06. The van der Waals surface area contributed by atoms with Crippen molar-refractivity contribution in [3.05, 3.63) is 84.4 Å². The van der Waals surface area contributed by atoms with Crippen molar-refractivity contribution in [1.29, 1.82) is 0 Å². The van der Waals surface area contributed by atoms with Crippen LogP contribution >= 0.6 is 0 Å². The van der Waals surface area contributed by atoms with Gasteiger partial charge in [-0.3, -0.25) is 14.4 Å². The van der Waals surface area contributed by atoms with Crippen LogP contribution in [0.1, 0.15) is 68.7 Å². The summed E-state index contributed by atoms with van der Waals surface area (Å²) in [5.41, 5.74) is -7.88. The first-order valence-electron chi connectivity index (χ1n) is 16.5. The van der Waals surface area contributed by atoms with Gasteiger partial charge in [-0.05, 0) is 48.9 Å². The van der Waals surface area contributed by atoms with Crippen LogP contribution in [0.15, 0.2) is 73.3 Å². The maximum Gasteiger partial charge on any atom is 0.338 e. The summed E-state index contributed by atoms with van der Waals surface area (Å²) < 4.78 is 23.8. The molecule has 11 atom stereocenters. The van der Waals surface area contributed by atoms with Gasteiger partial charge in [0.25, 0.3) is 0 Å². The maximum atomic E-state index is 14.6. The van der Waals surface area contributed by atoms with E-state index in [1.807, 2.05) is 0 Å². The molecule has 0 heterocycles. The van der Waals surface area contributed by atoms with Crippen molar-refractivity contribution in [2.45, 2.75) is 89.7 Å². The lowest BCUT2D eigenvalue weighted by molar-refractivity contribution is -0.320. The Bertz CT molecular complexity index is 1670. The molecule has 268 valence electrons. The van der Waals surface area contributed by atoms with Crippen LogP contribution in [-0.4, -0.2) is 86.7 Å². The molecule has 5 unspecified atom stereocenters. The molecule has 3 aliphatic carbocycles. The number of aliphatic hydroxyl groups is 3. The number of hydrogen-bond acceptors (Lipinski definition) is 12. The van der Waals surface area contributed by atoms with Gasteiger partial charge in [0.05, 0.1) is 17.0 Å². The predicted octanol–water partition coefficient (Wildman–Crippen LogP) is 3.21. The summed E-state index contributed by atoms with van der Waals surface area (Å²) in [5.74, 6) is -8.37. The standard InChI is InChI=1S/C38H44O12/c1-8-24-27(49-32(42)22-15-11-9-12-16-22)29-36(6)25(19-26(47-20(2)39)38(29,46)34(44)37(24,7)45)35(4,5)30(41)28(48-21(3)40)31(36)50-33(43)23-17-13-10-14-18-23/h8-18,24-31,41,45-46H,1,19H2,2-7H3/t24-,25-,26?,27?,28?,29+,30?,31?,36-,37-,38-/m0/s1. The smallest absolute Gasteiger partial charge is 0.338 e. The number of ketones is 1. The van der Waals surface area contributed by atoms with Crippen molar-refractivity contribution in [3.63, 3.8) is 0 Å². The summed E-state index contributed by atoms with van der Waals surface area (Å²) in [4.78, 5) is 67.4. The van der Waals surface area contributed by atoms with Crippen molar-refractivity contribution in [2.75, 3.05) is 0 Å². The fraction of sp³-hybridized carbons (Fsp3) is 0.500. The van der Waals surface area contributed by atoms with Gasteiger partial charge in [0.2, 0.25) is 0 Å². The number of rotatable bonds is 7. The summed E-state index contributed by atoms with van der Waals surface area (Å²) >= 11 is 0. The molecule has 0 amide bonds. The first kappa shape index (κ1) is 36.9. The Labute approximate surface area is 290 Å². The third kappa shape index (κ3) is 5.72. The number of Topliss-reactive ketones (excluding diaryl/α,β-unsaturated/α-hetero) is 1. The number of fused-ring (bicyclic) bond motifs is 3.